The first-order valence-corrected chi connectivity index (χ1v) is 7.63. The maximum absolute atomic E-state index is 12.1. The van der Waals surface area contributed by atoms with Crippen LogP contribution in [0.3, 0.4) is 0 Å². The lowest BCUT2D eigenvalue weighted by molar-refractivity contribution is 0.0187. The number of amides is 1. The lowest BCUT2D eigenvalue weighted by Gasteiger charge is -2.34. The van der Waals surface area contributed by atoms with E-state index in [9.17, 15) is 4.79 Å². The van der Waals surface area contributed by atoms with Crippen LogP contribution in [0.2, 0.25) is 0 Å². The number of nitrogens with zero attached hydrogens (tertiary/aromatic N) is 3. The maximum atomic E-state index is 12.1. The number of ether oxygens (including phenoxy) is 1. The largest absolute Gasteiger partial charge is 0.444 e. The molecule has 6 heteroatoms. The second-order valence-corrected chi connectivity index (χ2v) is 6.49. The van der Waals surface area contributed by atoms with Crippen LogP contribution in [-0.2, 0) is 11.3 Å². The Morgan fingerprint density at radius 2 is 2.29 bits per heavy atom. The fraction of sp³-hybridized carbons (Fsp3) is 0.733. The normalized spacial score (nSPS) is 19.6. The van der Waals surface area contributed by atoms with E-state index < -0.39 is 5.60 Å². The van der Waals surface area contributed by atoms with Crippen molar-refractivity contribution in [2.45, 2.75) is 51.8 Å². The molecule has 0 saturated carbocycles. The standard InChI is InChI=1S/C15H26N4O2/c1-15(2,3)21-14(20)18-9-4-6-13(12-18)16-8-11-19-10-5-7-17-19/h5,7,10,13,16H,4,6,8-9,11-12H2,1-3H3. The average molecular weight is 294 g/mol. The summed E-state index contributed by atoms with van der Waals surface area (Å²) in [5.41, 5.74) is -0.433. The third-order valence-corrected chi connectivity index (χ3v) is 3.41. The van der Waals surface area contributed by atoms with E-state index in [-0.39, 0.29) is 6.09 Å². The fourth-order valence-corrected chi connectivity index (χ4v) is 2.45. The molecule has 21 heavy (non-hydrogen) atoms. The molecule has 1 unspecified atom stereocenters. The summed E-state index contributed by atoms with van der Waals surface area (Å²) in [6.07, 6.45) is 5.64. The van der Waals surface area contributed by atoms with E-state index in [0.29, 0.717) is 12.6 Å². The third kappa shape index (κ3) is 5.38. The minimum atomic E-state index is -0.433. The van der Waals surface area contributed by atoms with Gasteiger partial charge in [0, 0.05) is 38.1 Å². The molecule has 1 aromatic rings. The second kappa shape index (κ2) is 6.93. The van der Waals surface area contributed by atoms with Crippen molar-refractivity contribution in [3.63, 3.8) is 0 Å². The summed E-state index contributed by atoms with van der Waals surface area (Å²) in [6, 6.07) is 2.26. The first-order chi connectivity index (χ1) is 9.94. The minimum absolute atomic E-state index is 0.207. The number of rotatable bonds is 4. The van der Waals surface area contributed by atoms with Crippen LogP contribution in [0.4, 0.5) is 4.79 Å². The van der Waals surface area contributed by atoms with Gasteiger partial charge in [0.1, 0.15) is 5.60 Å². The van der Waals surface area contributed by atoms with Gasteiger partial charge in [-0.15, -0.1) is 0 Å². The number of nitrogens with one attached hydrogen (secondary N) is 1. The summed E-state index contributed by atoms with van der Waals surface area (Å²) >= 11 is 0. The summed E-state index contributed by atoms with van der Waals surface area (Å²) < 4.78 is 7.34. The van der Waals surface area contributed by atoms with Gasteiger partial charge < -0.3 is 15.0 Å². The Bertz CT molecular complexity index is 439. The summed E-state index contributed by atoms with van der Waals surface area (Å²) in [6.45, 7) is 8.89. The van der Waals surface area contributed by atoms with Crippen LogP contribution in [0.25, 0.3) is 0 Å². The lowest BCUT2D eigenvalue weighted by atomic mass is 10.1. The summed E-state index contributed by atoms with van der Waals surface area (Å²) in [5, 5.41) is 7.67. The maximum Gasteiger partial charge on any atom is 0.410 e. The molecule has 1 atom stereocenters. The molecule has 1 aliphatic heterocycles. The molecule has 1 amide bonds. The predicted octanol–water partition coefficient (Wildman–Crippen LogP) is 1.87. The van der Waals surface area contributed by atoms with Gasteiger partial charge in [-0.25, -0.2) is 4.79 Å². The van der Waals surface area contributed by atoms with Crippen LogP contribution in [0.1, 0.15) is 33.6 Å². The highest BCUT2D eigenvalue weighted by Crippen LogP contribution is 2.15. The molecule has 6 nitrogen and oxygen atoms in total. The van der Waals surface area contributed by atoms with Gasteiger partial charge in [0.15, 0.2) is 0 Å². The van der Waals surface area contributed by atoms with Gasteiger partial charge in [0.25, 0.3) is 0 Å². The Balaban J connectivity index is 1.74. The van der Waals surface area contributed by atoms with Crippen LogP contribution in [0.15, 0.2) is 18.5 Å². The zero-order valence-electron chi connectivity index (χ0n) is 13.2. The zero-order chi connectivity index (χ0) is 15.3. The van der Waals surface area contributed by atoms with E-state index in [4.69, 9.17) is 4.74 Å². The molecule has 2 rings (SSSR count). The monoisotopic (exact) mass is 294 g/mol. The van der Waals surface area contributed by atoms with E-state index >= 15 is 0 Å². The van der Waals surface area contributed by atoms with Gasteiger partial charge in [-0.3, -0.25) is 4.68 Å². The Labute approximate surface area is 126 Å². The van der Waals surface area contributed by atoms with Crippen molar-refractivity contribution in [2.75, 3.05) is 19.6 Å². The van der Waals surface area contributed by atoms with Gasteiger partial charge in [-0.2, -0.15) is 5.10 Å². The first-order valence-electron chi connectivity index (χ1n) is 7.63. The zero-order valence-corrected chi connectivity index (χ0v) is 13.2. The Morgan fingerprint density at radius 1 is 1.48 bits per heavy atom. The topological polar surface area (TPSA) is 59.4 Å². The second-order valence-electron chi connectivity index (χ2n) is 6.49. The fourth-order valence-electron chi connectivity index (χ4n) is 2.45. The molecule has 1 N–H and O–H groups in total. The highest BCUT2D eigenvalue weighted by molar-refractivity contribution is 5.68. The van der Waals surface area contributed by atoms with E-state index in [2.05, 4.69) is 10.4 Å². The van der Waals surface area contributed by atoms with Crippen LogP contribution >= 0.6 is 0 Å². The molecule has 0 aliphatic carbocycles. The van der Waals surface area contributed by atoms with Crippen LogP contribution in [0.5, 0.6) is 0 Å². The van der Waals surface area contributed by atoms with Crippen molar-refractivity contribution in [1.29, 1.82) is 0 Å². The van der Waals surface area contributed by atoms with E-state index in [1.807, 2.05) is 37.7 Å². The van der Waals surface area contributed by atoms with E-state index in [1.165, 1.54) is 0 Å². The van der Waals surface area contributed by atoms with Gasteiger partial charge in [-0.05, 0) is 39.7 Å². The summed E-state index contributed by atoms with van der Waals surface area (Å²) in [7, 11) is 0. The SMILES string of the molecule is CC(C)(C)OC(=O)N1CCCC(NCCn2cccn2)C1. The van der Waals surface area contributed by atoms with Crippen molar-refractivity contribution in [1.82, 2.24) is 20.0 Å². The molecule has 1 aromatic heterocycles. The van der Waals surface area contributed by atoms with Crippen molar-refractivity contribution in [2.24, 2.45) is 0 Å². The molecule has 1 aliphatic rings. The number of aromatic nitrogens is 2. The smallest absolute Gasteiger partial charge is 0.410 e. The third-order valence-electron chi connectivity index (χ3n) is 3.41. The van der Waals surface area contributed by atoms with Crippen molar-refractivity contribution < 1.29 is 9.53 Å². The molecule has 118 valence electrons. The number of hydrogen-bond acceptors (Lipinski definition) is 4. The van der Waals surface area contributed by atoms with Crippen molar-refractivity contribution in [3.8, 4) is 0 Å². The number of carbonyl (C=O) groups is 1. The molecule has 0 bridgehead atoms. The van der Waals surface area contributed by atoms with Crippen molar-refractivity contribution in [3.05, 3.63) is 18.5 Å². The molecular weight excluding hydrogens is 268 g/mol. The Morgan fingerprint density at radius 3 is 2.95 bits per heavy atom. The van der Waals surface area contributed by atoms with Gasteiger partial charge in [0.05, 0.1) is 6.54 Å². The Hall–Kier alpha value is -1.56. The molecule has 0 aromatic carbocycles. The van der Waals surface area contributed by atoms with Crippen LogP contribution < -0.4 is 5.32 Å². The molecule has 2 heterocycles. The van der Waals surface area contributed by atoms with Gasteiger partial charge in [0.2, 0.25) is 0 Å². The number of carbonyl (C=O) groups excluding carboxylic acids is 1. The molecule has 1 saturated heterocycles. The number of piperidine rings is 1. The number of likely N-dealkylation sites (tertiary alicyclic amines) is 1. The quantitative estimate of drug-likeness (QED) is 0.921. The average Bonchev–Trinajstić information content (AvgIpc) is 2.90. The predicted molar refractivity (Wildman–Crippen MR) is 81.1 cm³/mol. The Kier molecular flexibility index (Phi) is 5.22. The highest BCUT2D eigenvalue weighted by Gasteiger charge is 2.27. The van der Waals surface area contributed by atoms with Crippen LogP contribution in [0, 0.1) is 0 Å². The molecule has 1 fully saturated rings. The van der Waals surface area contributed by atoms with Gasteiger partial charge >= 0.3 is 6.09 Å². The van der Waals surface area contributed by atoms with Crippen molar-refractivity contribution >= 4 is 6.09 Å². The summed E-state index contributed by atoms with van der Waals surface area (Å²) in [4.78, 5) is 13.9. The van der Waals surface area contributed by atoms with E-state index in [0.717, 1.165) is 32.5 Å². The van der Waals surface area contributed by atoms with Crippen LogP contribution in [-0.4, -0.2) is 52.1 Å². The first kappa shape index (κ1) is 15.8. The molecular formula is C15H26N4O2. The minimum Gasteiger partial charge on any atom is -0.444 e. The molecule has 0 radical (unpaired) electrons. The van der Waals surface area contributed by atoms with Gasteiger partial charge in [-0.1, -0.05) is 0 Å². The number of hydrogen-bond donors (Lipinski definition) is 1. The molecule has 0 spiro atoms. The highest BCUT2D eigenvalue weighted by atomic mass is 16.6. The van der Waals surface area contributed by atoms with E-state index in [1.54, 1.807) is 11.1 Å². The lowest BCUT2D eigenvalue weighted by Crippen LogP contribution is -2.49. The summed E-state index contributed by atoms with van der Waals surface area (Å²) in [5.74, 6) is 0.